The lowest BCUT2D eigenvalue weighted by Crippen LogP contribution is -2.60. The summed E-state index contributed by atoms with van der Waals surface area (Å²) >= 11 is 0. The van der Waals surface area contributed by atoms with Crippen LogP contribution < -0.4 is 4.74 Å². The summed E-state index contributed by atoms with van der Waals surface area (Å²) in [6.07, 6.45) is 2.88. The van der Waals surface area contributed by atoms with Gasteiger partial charge in [-0.3, -0.25) is 0 Å². The summed E-state index contributed by atoms with van der Waals surface area (Å²) in [5.41, 5.74) is 2.50. The van der Waals surface area contributed by atoms with Crippen LogP contribution in [0.4, 0.5) is 0 Å². The van der Waals surface area contributed by atoms with Crippen LogP contribution in [0.3, 0.4) is 0 Å². The molecule has 3 nitrogen and oxygen atoms in total. The molecule has 1 aliphatic carbocycles. The summed E-state index contributed by atoms with van der Waals surface area (Å²) in [5.74, 6) is 2.23. The highest BCUT2D eigenvalue weighted by molar-refractivity contribution is 5.63. The van der Waals surface area contributed by atoms with E-state index in [-0.39, 0.29) is 0 Å². The minimum atomic E-state index is 0.329. The average molecular weight is 351 g/mol. The zero-order chi connectivity index (χ0) is 18.1. The molecule has 0 spiro atoms. The molecule has 0 radical (unpaired) electrons. The van der Waals surface area contributed by atoms with Crippen LogP contribution in [-0.4, -0.2) is 56.2 Å². The molecule has 0 N–H and O–H groups in total. The molecule has 0 aromatic heterocycles. The van der Waals surface area contributed by atoms with E-state index in [2.05, 4.69) is 85.5 Å². The Bertz CT molecular complexity index is 713. The second-order valence-corrected chi connectivity index (χ2v) is 8.23. The fourth-order valence-electron chi connectivity index (χ4n) is 4.93. The normalized spacial score (nSPS) is 28.9. The van der Waals surface area contributed by atoms with E-state index in [1.165, 1.54) is 24.0 Å². The van der Waals surface area contributed by atoms with E-state index in [4.69, 9.17) is 4.74 Å². The monoisotopic (exact) mass is 350 g/mol. The number of fused-ring (bicyclic) bond motifs is 2. The van der Waals surface area contributed by atoms with Gasteiger partial charge < -0.3 is 14.5 Å². The molecule has 1 aliphatic heterocycles. The van der Waals surface area contributed by atoms with E-state index in [0.717, 1.165) is 18.8 Å². The molecule has 1 saturated carbocycles. The minimum absolute atomic E-state index is 0.329. The minimum Gasteiger partial charge on any atom is -0.490 e. The molecule has 2 bridgehead atoms. The molecule has 4 atom stereocenters. The number of rotatable bonds is 4. The molecule has 1 heterocycles. The highest BCUT2D eigenvalue weighted by Gasteiger charge is 2.45. The first kappa shape index (κ1) is 17.6. The quantitative estimate of drug-likeness (QED) is 0.829. The van der Waals surface area contributed by atoms with Crippen molar-refractivity contribution >= 4 is 0 Å². The topological polar surface area (TPSA) is 15.7 Å². The maximum atomic E-state index is 6.59. The Hall–Kier alpha value is -1.84. The van der Waals surface area contributed by atoms with Gasteiger partial charge in [-0.05, 0) is 57.2 Å². The predicted molar refractivity (Wildman–Crippen MR) is 107 cm³/mol. The lowest BCUT2D eigenvalue weighted by atomic mass is 9.72. The first-order chi connectivity index (χ1) is 12.6. The SMILES string of the molecule is CN1CC2CC[C@H](N(C)C)C(C1)[C@@H]2Oc1ccc(-c2ccccc2)cc1. The lowest BCUT2D eigenvalue weighted by Gasteiger charge is -2.51. The van der Waals surface area contributed by atoms with Gasteiger partial charge in [0.2, 0.25) is 0 Å². The Balaban J connectivity index is 1.52. The van der Waals surface area contributed by atoms with Crippen LogP contribution >= 0.6 is 0 Å². The smallest absolute Gasteiger partial charge is 0.119 e. The fraction of sp³-hybridized carbons (Fsp3) is 0.478. The summed E-state index contributed by atoms with van der Waals surface area (Å²) in [7, 11) is 6.68. The van der Waals surface area contributed by atoms with Crippen molar-refractivity contribution in [3.05, 3.63) is 54.6 Å². The molecule has 2 aromatic carbocycles. The summed E-state index contributed by atoms with van der Waals surface area (Å²) in [4.78, 5) is 4.89. The average Bonchev–Trinajstić information content (AvgIpc) is 2.64. The highest BCUT2D eigenvalue weighted by atomic mass is 16.5. The first-order valence-corrected chi connectivity index (χ1v) is 9.79. The molecule has 2 aromatic rings. The van der Waals surface area contributed by atoms with E-state index in [9.17, 15) is 0 Å². The molecule has 3 heteroatoms. The van der Waals surface area contributed by atoms with Gasteiger partial charge in [-0.1, -0.05) is 42.5 Å². The molecule has 1 saturated heterocycles. The third kappa shape index (κ3) is 3.51. The van der Waals surface area contributed by atoms with Crippen molar-refractivity contribution in [1.82, 2.24) is 9.80 Å². The largest absolute Gasteiger partial charge is 0.490 e. The molecule has 26 heavy (non-hydrogen) atoms. The van der Waals surface area contributed by atoms with Gasteiger partial charge in [-0.25, -0.2) is 0 Å². The Labute approximate surface area is 157 Å². The standard InChI is InChI=1S/C23H30N2O/c1-24(2)22-14-11-19-15-25(3)16-21(22)23(19)26-20-12-9-18(10-13-20)17-7-5-4-6-8-17/h4-10,12-13,19,21-23H,11,14-16H2,1-3H3/t19?,21?,22-,23+/m0/s1. The Morgan fingerprint density at radius 3 is 2.27 bits per heavy atom. The predicted octanol–water partition coefficient (Wildman–Crippen LogP) is 4.00. The summed E-state index contributed by atoms with van der Waals surface area (Å²) in [6, 6.07) is 19.8. The van der Waals surface area contributed by atoms with Gasteiger partial charge in [0.05, 0.1) is 0 Å². The molecule has 2 fully saturated rings. The van der Waals surface area contributed by atoms with Crippen molar-refractivity contribution in [3.8, 4) is 16.9 Å². The number of hydrogen-bond acceptors (Lipinski definition) is 3. The van der Waals surface area contributed by atoms with Gasteiger partial charge in [0.25, 0.3) is 0 Å². The zero-order valence-corrected chi connectivity index (χ0v) is 16.1. The number of benzene rings is 2. The Morgan fingerprint density at radius 1 is 0.885 bits per heavy atom. The van der Waals surface area contributed by atoms with Crippen LogP contribution in [0, 0.1) is 11.8 Å². The van der Waals surface area contributed by atoms with Crippen molar-refractivity contribution in [2.24, 2.45) is 11.8 Å². The second kappa shape index (κ2) is 7.42. The fourth-order valence-corrected chi connectivity index (χ4v) is 4.93. The van der Waals surface area contributed by atoms with Crippen molar-refractivity contribution in [2.75, 3.05) is 34.2 Å². The molecule has 0 amide bonds. The van der Waals surface area contributed by atoms with Gasteiger partial charge in [0, 0.05) is 31.0 Å². The van der Waals surface area contributed by atoms with Crippen LogP contribution in [-0.2, 0) is 0 Å². The summed E-state index contributed by atoms with van der Waals surface area (Å²) in [5, 5.41) is 0. The molecular weight excluding hydrogens is 320 g/mol. The van der Waals surface area contributed by atoms with Gasteiger partial charge in [-0.2, -0.15) is 0 Å². The van der Waals surface area contributed by atoms with Crippen LogP contribution in [0.25, 0.3) is 11.1 Å². The van der Waals surface area contributed by atoms with Crippen LogP contribution in [0.1, 0.15) is 12.8 Å². The Kier molecular flexibility index (Phi) is 5.01. The lowest BCUT2D eigenvalue weighted by molar-refractivity contribution is -0.0622. The van der Waals surface area contributed by atoms with Gasteiger partial charge in [-0.15, -0.1) is 0 Å². The van der Waals surface area contributed by atoms with Crippen molar-refractivity contribution < 1.29 is 4.74 Å². The van der Waals surface area contributed by atoms with Gasteiger partial charge in [0.15, 0.2) is 0 Å². The molecule has 2 aliphatic rings. The van der Waals surface area contributed by atoms with Crippen molar-refractivity contribution in [3.63, 3.8) is 0 Å². The van der Waals surface area contributed by atoms with Crippen LogP contribution in [0.2, 0.25) is 0 Å². The number of piperidine rings is 1. The number of likely N-dealkylation sites (tertiary alicyclic amines) is 1. The number of hydrogen-bond donors (Lipinski definition) is 0. The number of nitrogens with zero attached hydrogens (tertiary/aromatic N) is 2. The van der Waals surface area contributed by atoms with Crippen molar-refractivity contribution in [2.45, 2.75) is 25.0 Å². The van der Waals surface area contributed by atoms with Crippen LogP contribution in [0.5, 0.6) is 5.75 Å². The maximum absolute atomic E-state index is 6.59. The summed E-state index contributed by atoms with van der Waals surface area (Å²) < 4.78 is 6.59. The second-order valence-electron chi connectivity index (χ2n) is 8.23. The van der Waals surface area contributed by atoms with Crippen LogP contribution in [0.15, 0.2) is 54.6 Å². The van der Waals surface area contributed by atoms with E-state index < -0.39 is 0 Å². The van der Waals surface area contributed by atoms with E-state index in [1.54, 1.807) is 0 Å². The first-order valence-electron chi connectivity index (χ1n) is 9.79. The van der Waals surface area contributed by atoms with Gasteiger partial charge >= 0.3 is 0 Å². The number of ether oxygens (including phenoxy) is 1. The molecule has 4 rings (SSSR count). The van der Waals surface area contributed by atoms with E-state index >= 15 is 0 Å². The highest BCUT2D eigenvalue weighted by Crippen LogP contribution is 2.39. The maximum Gasteiger partial charge on any atom is 0.119 e. The molecule has 2 unspecified atom stereocenters. The summed E-state index contributed by atoms with van der Waals surface area (Å²) in [6.45, 7) is 2.29. The van der Waals surface area contributed by atoms with Gasteiger partial charge in [0.1, 0.15) is 11.9 Å². The molecule has 138 valence electrons. The third-order valence-corrected chi connectivity index (χ3v) is 6.18. The van der Waals surface area contributed by atoms with E-state index in [1.807, 2.05) is 0 Å². The third-order valence-electron chi connectivity index (χ3n) is 6.18. The van der Waals surface area contributed by atoms with E-state index in [0.29, 0.717) is 24.0 Å². The Morgan fingerprint density at radius 2 is 1.58 bits per heavy atom. The zero-order valence-electron chi connectivity index (χ0n) is 16.1. The molecular formula is C23H30N2O. The van der Waals surface area contributed by atoms with Crippen molar-refractivity contribution in [1.29, 1.82) is 0 Å².